The van der Waals surface area contributed by atoms with Gasteiger partial charge in [-0.25, -0.2) is 14.2 Å². The van der Waals surface area contributed by atoms with Crippen molar-refractivity contribution in [3.63, 3.8) is 0 Å². The normalized spacial score (nSPS) is 18.1. The summed E-state index contributed by atoms with van der Waals surface area (Å²) in [5, 5.41) is 9.25. The second-order valence-electron chi connectivity index (χ2n) is 7.38. The van der Waals surface area contributed by atoms with Gasteiger partial charge in [0.15, 0.2) is 11.6 Å². The maximum absolute atomic E-state index is 14.6. The number of carboxylic acids is 1. The summed E-state index contributed by atoms with van der Waals surface area (Å²) in [6.07, 6.45) is 2.01. The number of nitrogens with zero attached hydrogens (tertiary/aromatic N) is 3. The number of carbonyl (C=O) groups is 1. The molecule has 1 fully saturated rings. The first-order chi connectivity index (χ1) is 11.6. The van der Waals surface area contributed by atoms with E-state index in [9.17, 15) is 19.1 Å². The summed E-state index contributed by atoms with van der Waals surface area (Å²) < 4.78 is 16.2. The lowest BCUT2D eigenvalue weighted by Crippen LogP contribution is -2.30. The molecule has 1 aliphatic rings. The van der Waals surface area contributed by atoms with Gasteiger partial charge in [0.1, 0.15) is 11.2 Å². The predicted molar refractivity (Wildman–Crippen MR) is 92.7 cm³/mol. The Labute approximate surface area is 143 Å². The van der Waals surface area contributed by atoms with E-state index in [-0.39, 0.29) is 22.9 Å². The van der Waals surface area contributed by atoms with Crippen LogP contribution in [0, 0.1) is 5.82 Å². The summed E-state index contributed by atoms with van der Waals surface area (Å²) in [4.78, 5) is 30.0. The minimum Gasteiger partial charge on any atom is -0.477 e. The average Bonchev–Trinajstić information content (AvgIpc) is 2.92. The SMILES string of the molecule is CC(C)(C)n1cc(C(=O)O)c(=O)c2cc(F)c(N3CCC(N)C3)nc21. The van der Waals surface area contributed by atoms with E-state index in [0.29, 0.717) is 13.1 Å². The summed E-state index contributed by atoms with van der Waals surface area (Å²) in [6, 6.07) is 1.04. The Kier molecular flexibility index (Phi) is 4.03. The lowest BCUT2D eigenvalue weighted by molar-refractivity contribution is 0.0694. The fourth-order valence-corrected chi connectivity index (χ4v) is 3.08. The van der Waals surface area contributed by atoms with Gasteiger partial charge in [-0.2, -0.15) is 0 Å². The van der Waals surface area contributed by atoms with E-state index in [1.54, 1.807) is 9.47 Å². The highest BCUT2D eigenvalue weighted by Crippen LogP contribution is 2.27. The zero-order valence-corrected chi connectivity index (χ0v) is 14.4. The van der Waals surface area contributed by atoms with Crippen molar-refractivity contribution in [2.45, 2.75) is 38.8 Å². The van der Waals surface area contributed by atoms with E-state index in [4.69, 9.17) is 5.73 Å². The Balaban J connectivity index is 2.33. The minimum absolute atomic E-state index is 0.0421. The molecule has 0 radical (unpaired) electrons. The number of aromatic nitrogens is 2. The van der Waals surface area contributed by atoms with E-state index in [1.165, 1.54) is 6.20 Å². The summed E-state index contributed by atoms with van der Waals surface area (Å²) in [5.74, 6) is -1.86. The molecule has 0 saturated carbocycles. The molecule has 0 amide bonds. The summed E-state index contributed by atoms with van der Waals surface area (Å²) in [6.45, 7) is 6.66. The second kappa shape index (κ2) is 5.80. The van der Waals surface area contributed by atoms with Crippen molar-refractivity contribution in [2.24, 2.45) is 5.73 Å². The molecular formula is C17H21FN4O3. The smallest absolute Gasteiger partial charge is 0.341 e. The standard InChI is InChI=1S/C17H21FN4O3/c1-17(2,3)22-8-11(16(24)25)13(23)10-6-12(18)15(20-14(10)22)21-5-4-9(19)7-21/h6,8-9H,4-5,7,19H2,1-3H3,(H,24,25). The van der Waals surface area contributed by atoms with Gasteiger partial charge in [0.25, 0.3) is 0 Å². The van der Waals surface area contributed by atoms with Crippen molar-refractivity contribution in [1.29, 1.82) is 0 Å². The fraction of sp³-hybridized carbons (Fsp3) is 0.471. The number of halogens is 1. The van der Waals surface area contributed by atoms with E-state index in [0.717, 1.165) is 12.5 Å². The highest BCUT2D eigenvalue weighted by molar-refractivity contribution is 5.92. The van der Waals surface area contributed by atoms with Gasteiger partial charge >= 0.3 is 5.97 Å². The zero-order chi connectivity index (χ0) is 18.5. The van der Waals surface area contributed by atoms with Crippen LogP contribution in [-0.4, -0.2) is 39.8 Å². The summed E-state index contributed by atoms with van der Waals surface area (Å²) in [7, 11) is 0. The van der Waals surface area contributed by atoms with Gasteiger partial charge in [-0.1, -0.05) is 0 Å². The second-order valence-corrected chi connectivity index (χ2v) is 7.38. The van der Waals surface area contributed by atoms with E-state index in [1.807, 2.05) is 20.8 Å². The maximum atomic E-state index is 14.6. The van der Waals surface area contributed by atoms with Crippen molar-refractivity contribution in [3.05, 3.63) is 33.9 Å². The zero-order valence-electron chi connectivity index (χ0n) is 14.4. The van der Waals surface area contributed by atoms with E-state index >= 15 is 0 Å². The molecule has 7 nitrogen and oxygen atoms in total. The van der Waals surface area contributed by atoms with Crippen LogP contribution in [0.3, 0.4) is 0 Å². The number of carboxylic acid groups (broad SMARTS) is 1. The molecule has 0 spiro atoms. The lowest BCUT2D eigenvalue weighted by atomic mass is 10.1. The van der Waals surface area contributed by atoms with Gasteiger partial charge in [0.2, 0.25) is 5.43 Å². The Morgan fingerprint density at radius 2 is 2.12 bits per heavy atom. The molecule has 134 valence electrons. The number of pyridine rings is 2. The van der Waals surface area contributed by atoms with Crippen molar-refractivity contribution in [1.82, 2.24) is 9.55 Å². The molecule has 1 atom stereocenters. The van der Waals surface area contributed by atoms with Crippen LogP contribution in [0.15, 0.2) is 17.1 Å². The number of hydrogen-bond donors (Lipinski definition) is 2. The molecule has 0 aliphatic carbocycles. The van der Waals surface area contributed by atoms with Crippen LogP contribution in [0.5, 0.6) is 0 Å². The lowest BCUT2D eigenvalue weighted by Gasteiger charge is -2.26. The number of nitrogens with two attached hydrogens (primary N) is 1. The first-order valence-corrected chi connectivity index (χ1v) is 8.10. The number of rotatable bonds is 2. The van der Waals surface area contributed by atoms with E-state index in [2.05, 4.69) is 4.98 Å². The maximum Gasteiger partial charge on any atom is 0.341 e. The van der Waals surface area contributed by atoms with Gasteiger partial charge in [-0.05, 0) is 33.3 Å². The largest absolute Gasteiger partial charge is 0.477 e. The monoisotopic (exact) mass is 348 g/mol. The third-order valence-electron chi connectivity index (χ3n) is 4.39. The van der Waals surface area contributed by atoms with Crippen molar-refractivity contribution >= 4 is 22.8 Å². The highest BCUT2D eigenvalue weighted by Gasteiger charge is 2.27. The molecule has 1 aliphatic heterocycles. The molecule has 1 unspecified atom stereocenters. The van der Waals surface area contributed by atoms with Gasteiger partial charge in [-0.3, -0.25) is 4.79 Å². The molecule has 2 aromatic heterocycles. The van der Waals surface area contributed by atoms with Crippen LogP contribution >= 0.6 is 0 Å². The first kappa shape index (κ1) is 17.3. The Morgan fingerprint density at radius 1 is 1.44 bits per heavy atom. The highest BCUT2D eigenvalue weighted by atomic mass is 19.1. The van der Waals surface area contributed by atoms with Crippen LogP contribution in [0.1, 0.15) is 37.6 Å². The molecule has 8 heteroatoms. The van der Waals surface area contributed by atoms with Gasteiger partial charge < -0.3 is 20.3 Å². The fourth-order valence-electron chi connectivity index (χ4n) is 3.08. The van der Waals surface area contributed by atoms with Crippen LogP contribution < -0.4 is 16.1 Å². The quantitative estimate of drug-likeness (QED) is 0.853. The van der Waals surface area contributed by atoms with Crippen molar-refractivity contribution < 1.29 is 14.3 Å². The van der Waals surface area contributed by atoms with Crippen LogP contribution in [0.25, 0.3) is 11.0 Å². The van der Waals surface area contributed by atoms with Crippen molar-refractivity contribution in [3.8, 4) is 0 Å². The summed E-state index contributed by atoms with van der Waals surface area (Å²) >= 11 is 0. The molecule has 25 heavy (non-hydrogen) atoms. The third kappa shape index (κ3) is 2.97. The van der Waals surface area contributed by atoms with Crippen molar-refractivity contribution in [2.75, 3.05) is 18.0 Å². The van der Waals surface area contributed by atoms with E-state index < -0.39 is 28.3 Å². The van der Waals surface area contributed by atoms with Crippen LogP contribution in [0.2, 0.25) is 0 Å². The number of hydrogen-bond acceptors (Lipinski definition) is 5. The molecule has 3 heterocycles. The minimum atomic E-state index is -1.35. The van der Waals surface area contributed by atoms with Gasteiger partial charge in [-0.15, -0.1) is 0 Å². The molecule has 1 saturated heterocycles. The first-order valence-electron chi connectivity index (χ1n) is 8.10. The predicted octanol–water partition coefficient (Wildman–Crippen LogP) is 1.53. The number of fused-ring (bicyclic) bond motifs is 1. The Morgan fingerprint density at radius 3 is 2.64 bits per heavy atom. The van der Waals surface area contributed by atoms with Gasteiger partial charge in [0, 0.05) is 30.9 Å². The molecule has 3 N–H and O–H groups in total. The molecule has 2 aromatic rings. The molecule has 0 aromatic carbocycles. The Bertz CT molecular complexity index is 917. The van der Waals surface area contributed by atoms with Crippen LogP contribution in [-0.2, 0) is 5.54 Å². The molecular weight excluding hydrogens is 327 g/mol. The third-order valence-corrected chi connectivity index (χ3v) is 4.39. The Hall–Kier alpha value is -2.48. The number of anilines is 1. The number of aromatic carboxylic acids is 1. The topological polar surface area (TPSA) is 101 Å². The van der Waals surface area contributed by atoms with Gasteiger partial charge in [0.05, 0.1) is 5.39 Å². The average molecular weight is 348 g/mol. The van der Waals surface area contributed by atoms with Crippen LogP contribution in [0.4, 0.5) is 10.2 Å². The molecule has 3 rings (SSSR count). The summed E-state index contributed by atoms with van der Waals surface area (Å²) in [5.41, 5.74) is 4.47. The molecule has 0 bridgehead atoms.